The van der Waals surface area contributed by atoms with Crippen molar-refractivity contribution in [2.24, 2.45) is 16.6 Å². The Morgan fingerprint density at radius 2 is 2.00 bits per heavy atom. The molecular formula is C12H22N2O. The van der Waals surface area contributed by atoms with Crippen LogP contribution in [-0.2, 0) is 4.74 Å². The fourth-order valence-corrected chi connectivity index (χ4v) is 2.58. The molecule has 2 saturated carbocycles. The van der Waals surface area contributed by atoms with E-state index in [2.05, 4.69) is 4.99 Å². The van der Waals surface area contributed by atoms with Gasteiger partial charge < -0.3 is 10.5 Å². The molecule has 2 N–H and O–H groups in total. The maximum absolute atomic E-state index is 6.01. The van der Waals surface area contributed by atoms with E-state index in [1.165, 1.54) is 32.1 Å². The zero-order valence-electron chi connectivity index (χ0n) is 9.67. The van der Waals surface area contributed by atoms with Crippen LogP contribution in [0.3, 0.4) is 0 Å². The van der Waals surface area contributed by atoms with Gasteiger partial charge in [0.1, 0.15) is 0 Å². The first-order chi connectivity index (χ1) is 7.26. The molecule has 0 heterocycles. The lowest BCUT2D eigenvalue weighted by atomic mass is 9.80. The largest absolute Gasteiger partial charge is 0.387 e. The standard InChI is InChI=1S/C12H22N2O/c1-15-12(7-4-8-12)9-14-11(13)10-5-2-3-6-10/h10H,2-9H2,1H3,(H2,13,14). The van der Waals surface area contributed by atoms with Crippen molar-refractivity contribution in [2.45, 2.75) is 50.5 Å². The van der Waals surface area contributed by atoms with Gasteiger partial charge in [0.2, 0.25) is 0 Å². The Morgan fingerprint density at radius 1 is 1.33 bits per heavy atom. The highest BCUT2D eigenvalue weighted by Crippen LogP contribution is 2.35. The summed E-state index contributed by atoms with van der Waals surface area (Å²) in [6, 6.07) is 0. The van der Waals surface area contributed by atoms with Gasteiger partial charge in [0, 0.05) is 13.0 Å². The highest BCUT2D eigenvalue weighted by Gasteiger charge is 2.36. The zero-order chi connectivity index (χ0) is 10.7. The van der Waals surface area contributed by atoms with Gasteiger partial charge in [-0.15, -0.1) is 0 Å². The third-order valence-electron chi connectivity index (χ3n) is 4.02. The SMILES string of the molecule is COC1(CN=C(N)C2CCCC2)CCC1. The number of hydrogen-bond acceptors (Lipinski definition) is 2. The van der Waals surface area contributed by atoms with Crippen LogP contribution in [0.5, 0.6) is 0 Å². The average molecular weight is 210 g/mol. The smallest absolute Gasteiger partial charge is 0.0969 e. The predicted molar refractivity (Wildman–Crippen MR) is 62.0 cm³/mol. The van der Waals surface area contributed by atoms with E-state index in [4.69, 9.17) is 10.5 Å². The number of amidine groups is 1. The van der Waals surface area contributed by atoms with Crippen LogP contribution in [0.15, 0.2) is 4.99 Å². The Hall–Kier alpha value is -0.570. The molecule has 2 rings (SSSR count). The summed E-state index contributed by atoms with van der Waals surface area (Å²) in [6.07, 6.45) is 8.65. The van der Waals surface area contributed by atoms with Gasteiger partial charge in [0.05, 0.1) is 18.0 Å². The monoisotopic (exact) mass is 210 g/mol. The maximum atomic E-state index is 6.01. The molecule has 15 heavy (non-hydrogen) atoms. The Balaban J connectivity index is 1.86. The van der Waals surface area contributed by atoms with E-state index in [-0.39, 0.29) is 5.60 Å². The van der Waals surface area contributed by atoms with E-state index in [0.29, 0.717) is 5.92 Å². The normalized spacial score (nSPS) is 26.6. The molecule has 0 radical (unpaired) electrons. The minimum absolute atomic E-state index is 0.0310. The van der Waals surface area contributed by atoms with Gasteiger partial charge in [-0.1, -0.05) is 12.8 Å². The van der Waals surface area contributed by atoms with Crippen LogP contribution in [0.2, 0.25) is 0 Å². The zero-order valence-corrected chi connectivity index (χ0v) is 9.67. The Bertz CT molecular complexity index is 234. The van der Waals surface area contributed by atoms with Gasteiger partial charge in [-0.2, -0.15) is 0 Å². The van der Waals surface area contributed by atoms with Crippen molar-refractivity contribution < 1.29 is 4.74 Å². The second-order valence-electron chi connectivity index (χ2n) is 4.96. The molecule has 0 aliphatic heterocycles. The Kier molecular flexibility index (Phi) is 3.29. The summed E-state index contributed by atoms with van der Waals surface area (Å²) >= 11 is 0. The molecule has 2 aliphatic rings. The minimum atomic E-state index is 0.0310. The van der Waals surface area contributed by atoms with Gasteiger partial charge in [-0.05, 0) is 32.1 Å². The maximum Gasteiger partial charge on any atom is 0.0969 e. The predicted octanol–water partition coefficient (Wildman–Crippen LogP) is 2.10. The molecule has 3 nitrogen and oxygen atoms in total. The van der Waals surface area contributed by atoms with Gasteiger partial charge in [-0.3, -0.25) is 4.99 Å². The first-order valence-electron chi connectivity index (χ1n) is 6.11. The Labute approximate surface area is 92.1 Å². The quantitative estimate of drug-likeness (QED) is 0.570. The summed E-state index contributed by atoms with van der Waals surface area (Å²) in [5.74, 6) is 1.43. The molecule has 0 saturated heterocycles. The lowest BCUT2D eigenvalue weighted by molar-refractivity contribution is -0.0630. The molecule has 3 heteroatoms. The van der Waals surface area contributed by atoms with Crippen molar-refractivity contribution in [1.82, 2.24) is 0 Å². The van der Waals surface area contributed by atoms with Crippen molar-refractivity contribution in [3.63, 3.8) is 0 Å². The molecule has 2 aliphatic carbocycles. The van der Waals surface area contributed by atoms with E-state index in [1.54, 1.807) is 7.11 Å². The van der Waals surface area contributed by atoms with Gasteiger partial charge >= 0.3 is 0 Å². The molecule has 0 aromatic heterocycles. The second kappa shape index (κ2) is 4.52. The van der Waals surface area contributed by atoms with Crippen LogP contribution in [0, 0.1) is 5.92 Å². The summed E-state index contributed by atoms with van der Waals surface area (Å²) in [7, 11) is 1.79. The van der Waals surface area contributed by atoms with E-state index < -0.39 is 0 Å². The van der Waals surface area contributed by atoms with E-state index in [9.17, 15) is 0 Å². The van der Waals surface area contributed by atoms with Gasteiger partial charge in [0.25, 0.3) is 0 Å². The average Bonchev–Trinajstić information content (AvgIpc) is 2.69. The molecule has 0 spiro atoms. The number of nitrogens with two attached hydrogens (primary N) is 1. The van der Waals surface area contributed by atoms with E-state index in [1.807, 2.05) is 0 Å². The summed E-state index contributed by atoms with van der Waals surface area (Å²) in [5, 5.41) is 0. The van der Waals surface area contributed by atoms with Crippen molar-refractivity contribution >= 4 is 5.84 Å². The third-order valence-corrected chi connectivity index (χ3v) is 4.02. The first kappa shape index (κ1) is 10.9. The van der Waals surface area contributed by atoms with Crippen molar-refractivity contribution in [1.29, 1.82) is 0 Å². The lowest BCUT2D eigenvalue weighted by Gasteiger charge is -2.39. The van der Waals surface area contributed by atoms with Crippen LogP contribution < -0.4 is 5.73 Å². The van der Waals surface area contributed by atoms with E-state index in [0.717, 1.165) is 25.2 Å². The van der Waals surface area contributed by atoms with Gasteiger partial charge in [-0.25, -0.2) is 0 Å². The van der Waals surface area contributed by atoms with Crippen molar-refractivity contribution in [3.05, 3.63) is 0 Å². The van der Waals surface area contributed by atoms with Crippen molar-refractivity contribution in [3.8, 4) is 0 Å². The summed E-state index contributed by atoms with van der Waals surface area (Å²) in [6.45, 7) is 0.770. The summed E-state index contributed by atoms with van der Waals surface area (Å²) < 4.78 is 5.52. The fourth-order valence-electron chi connectivity index (χ4n) is 2.58. The Morgan fingerprint density at radius 3 is 2.47 bits per heavy atom. The van der Waals surface area contributed by atoms with Crippen LogP contribution >= 0.6 is 0 Å². The second-order valence-corrected chi connectivity index (χ2v) is 4.96. The minimum Gasteiger partial charge on any atom is -0.387 e. The number of rotatable bonds is 4. The molecule has 86 valence electrons. The molecule has 2 fully saturated rings. The molecule has 0 aromatic carbocycles. The number of nitrogens with zero attached hydrogens (tertiary/aromatic N) is 1. The van der Waals surface area contributed by atoms with Crippen LogP contribution in [0.25, 0.3) is 0 Å². The van der Waals surface area contributed by atoms with Crippen molar-refractivity contribution in [2.75, 3.05) is 13.7 Å². The number of aliphatic imine (C=N–C) groups is 1. The highest BCUT2D eigenvalue weighted by molar-refractivity contribution is 5.83. The van der Waals surface area contributed by atoms with Crippen LogP contribution in [0.4, 0.5) is 0 Å². The molecular weight excluding hydrogens is 188 g/mol. The number of methoxy groups -OCH3 is 1. The summed E-state index contributed by atoms with van der Waals surface area (Å²) in [5.41, 5.74) is 6.05. The topological polar surface area (TPSA) is 47.6 Å². The van der Waals surface area contributed by atoms with Crippen LogP contribution in [-0.4, -0.2) is 25.1 Å². The highest BCUT2D eigenvalue weighted by atomic mass is 16.5. The summed E-state index contributed by atoms with van der Waals surface area (Å²) in [4.78, 5) is 4.54. The number of hydrogen-bond donors (Lipinski definition) is 1. The number of ether oxygens (including phenoxy) is 1. The third kappa shape index (κ3) is 2.33. The molecule has 0 bridgehead atoms. The molecule has 0 atom stereocenters. The molecule has 0 unspecified atom stereocenters. The van der Waals surface area contributed by atoms with E-state index >= 15 is 0 Å². The lowest BCUT2D eigenvalue weighted by Crippen LogP contribution is -2.43. The first-order valence-corrected chi connectivity index (χ1v) is 6.11. The van der Waals surface area contributed by atoms with Crippen LogP contribution in [0.1, 0.15) is 44.9 Å². The fraction of sp³-hybridized carbons (Fsp3) is 0.917. The molecule has 0 amide bonds. The molecule has 0 aromatic rings. The van der Waals surface area contributed by atoms with Gasteiger partial charge in [0.15, 0.2) is 0 Å².